The van der Waals surface area contributed by atoms with Crippen molar-refractivity contribution in [3.63, 3.8) is 0 Å². The van der Waals surface area contributed by atoms with E-state index >= 15 is 0 Å². The molecule has 2 N–H and O–H groups in total. The molecule has 0 aromatic carbocycles. The lowest BCUT2D eigenvalue weighted by Crippen LogP contribution is -2.24. The van der Waals surface area contributed by atoms with Crippen LogP contribution in [0, 0.1) is 0 Å². The number of nitrogens with zero attached hydrogens (tertiary/aromatic N) is 3. The third kappa shape index (κ3) is 13.6. The van der Waals surface area contributed by atoms with Gasteiger partial charge in [-0.1, -0.05) is 109 Å². The lowest BCUT2D eigenvalue weighted by molar-refractivity contribution is -0.117. The van der Waals surface area contributed by atoms with Gasteiger partial charge in [0.2, 0.25) is 11.8 Å². The molecule has 0 fully saturated rings. The van der Waals surface area contributed by atoms with Crippen LogP contribution in [0.4, 0.5) is 0 Å². The number of amides is 1. The average Bonchev–Trinajstić information content (AvgIpc) is 3.36. The molecule has 1 amide bonds. The Morgan fingerprint density at radius 1 is 0.778 bits per heavy atom. The number of nitrogens with one attached hydrogen (secondary N) is 2. The number of carbonyl (C=O) groups excluding carboxylic acids is 1. The number of fused-ring (bicyclic) bond motifs is 1. The monoisotopic (exact) mass is 499 g/mol. The summed E-state index contributed by atoms with van der Waals surface area (Å²) in [5.74, 6) is 0.591. The molecular weight excluding hydrogens is 450 g/mol. The largest absolute Gasteiger partial charge is 0.476 e. The molecule has 7 heteroatoms. The maximum Gasteiger partial charge on any atom is 0.246 e. The number of carbonyl (C=O) groups is 1. The van der Waals surface area contributed by atoms with Crippen LogP contribution in [0.2, 0.25) is 0 Å². The first-order valence-corrected chi connectivity index (χ1v) is 14.4. The van der Waals surface area contributed by atoms with Gasteiger partial charge in [-0.3, -0.25) is 4.79 Å². The van der Waals surface area contributed by atoms with Gasteiger partial charge in [-0.05, 0) is 19.8 Å². The van der Waals surface area contributed by atoms with E-state index in [1.54, 1.807) is 13.3 Å². The van der Waals surface area contributed by atoms with Crippen molar-refractivity contribution in [3.05, 3.63) is 24.8 Å². The SMILES string of the molecule is C=C(C)C(=O)NCCCCCCCCCCCCCCCCCCCCOc1ncnc2nc[nH]c12. The minimum absolute atomic E-state index is 0.0132. The van der Waals surface area contributed by atoms with Crippen molar-refractivity contribution in [2.75, 3.05) is 13.2 Å². The van der Waals surface area contributed by atoms with Crippen molar-refractivity contribution in [1.82, 2.24) is 25.3 Å². The number of imidazole rings is 1. The Kier molecular flexibility index (Phi) is 16.3. The summed E-state index contributed by atoms with van der Waals surface area (Å²) in [6.07, 6.45) is 26.8. The summed E-state index contributed by atoms with van der Waals surface area (Å²) < 4.78 is 5.79. The molecule has 0 aliphatic heterocycles. The first-order chi connectivity index (χ1) is 17.7. The minimum atomic E-state index is -0.0132. The smallest absolute Gasteiger partial charge is 0.246 e. The molecule has 0 saturated heterocycles. The molecule has 0 bridgehead atoms. The van der Waals surface area contributed by atoms with Gasteiger partial charge in [-0.25, -0.2) is 9.97 Å². The van der Waals surface area contributed by atoms with Crippen molar-refractivity contribution in [2.45, 2.75) is 122 Å². The molecule has 0 spiro atoms. The highest BCUT2D eigenvalue weighted by molar-refractivity contribution is 5.92. The Balaban J connectivity index is 1.24. The maximum atomic E-state index is 11.4. The first-order valence-electron chi connectivity index (χ1n) is 14.4. The number of ether oxygens (including phenoxy) is 1. The number of hydrogen-bond acceptors (Lipinski definition) is 5. The number of H-pyrrole nitrogens is 1. The highest BCUT2D eigenvalue weighted by atomic mass is 16.5. The summed E-state index contributed by atoms with van der Waals surface area (Å²) in [7, 11) is 0. The highest BCUT2D eigenvalue weighted by Gasteiger charge is 2.06. The van der Waals surface area contributed by atoms with E-state index in [2.05, 4.69) is 31.8 Å². The predicted molar refractivity (Wildman–Crippen MR) is 148 cm³/mol. The van der Waals surface area contributed by atoms with Crippen LogP contribution in [0.3, 0.4) is 0 Å². The van der Waals surface area contributed by atoms with Crippen LogP contribution in [-0.4, -0.2) is 39.0 Å². The van der Waals surface area contributed by atoms with Gasteiger partial charge in [0.05, 0.1) is 12.9 Å². The van der Waals surface area contributed by atoms with E-state index in [-0.39, 0.29) is 5.91 Å². The summed E-state index contributed by atoms with van der Waals surface area (Å²) in [6, 6.07) is 0. The van der Waals surface area contributed by atoms with Crippen molar-refractivity contribution in [2.24, 2.45) is 0 Å². The third-order valence-corrected chi connectivity index (χ3v) is 6.67. The minimum Gasteiger partial charge on any atom is -0.476 e. The normalized spacial score (nSPS) is 11.1. The van der Waals surface area contributed by atoms with Gasteiger partial charge < -0.3 is 15.0 Å². The molecule has 2 rings (SSSR count). The molecule has 2 aromatic heterocycles. The van der Waals surface area contributed by atoms with Crippen LogP contribution >= 0.6 is 0 Å². The summed E-state index contributed by atoms with van der Waals surface area (Å²) in [5, 5.41) is 2.90. The number of aromatic amines is 1. The molecule has 202 valence electrons. The molecule has 0 aliphatic carbocycles. The van der Waals surface area contributed by atoms with Gasteiger partial charge in [0, 0.05) is 12.1 Å². The molecule has 36 heavy (non-hydrogen) atoms. The van der Waals surface area contributed by atoms with E-state index in [0.29, 0.717) is 23.7 Å². The molecule has 7 nitrogen and oxygen atoms in total. The number of unbranched alkanes of at least 4 members (excludes halogenated alkanes) is 17. The van der Waals surface area contributed by atoms with E-state index in [0.717, 1.165) is 24.9 Å². The zero-order valence-corrected chi connectivity index (χ0v) is 22.7. The fourth-order valence-electron chi connectivity index (χ4n) is 4.43. The molecule has 2 aromatic rings. The highest BCUT2D eigenvalue weighted by Crippen LogP contribution is 2.18. The Hall–Kier alpha value is -2.44. The zero-order valence-electron chi connectivity index (χ0n) is 22.7. The van der Waals surface area contributed by atoms with E-state index in [1.807, 2.05) is 0 Å². The topological polar surface area (TPSA) is 92.8 Å². The van der Waals surface area contributed by atoms with Crippen LogP contribution in [0.1, 0.15) is 122 Å². The second-order valence-electron chi connectivity index (χ2n) is 10.0. The average molecular weight is 500 g/mol. The number of hydrogen-bond donors (Lipinski definition) is 2. The second-order valence-corrected chi connectivity index (χ2v) is 10.0. The van der Waals surface area contributed by atoms with Crippen molar-refractivity contribution < 1.29 is 9.53 Å². The Morgan fingerprint density at radius 3 is 1.81 bits per heavy atom. The van der Waals surface area contributed by atoms with Gasteiger partial charge in [0.15, 0.2) is 5.65 Å². The molecular formula is C29H49N5O2. The van der Waals surface area contributed by atoms with E-state index in [4.69, 9.17) is 4.74 Å². The van der Waals surface area contributed by atoms with E-state index < -0.39 is 0 Å². The summed E-state index contributed by atoms with van der Waals surface area (Å²) in [6.45, 7) is 6.88. The third-order valence-electron chi connectivity index (χ3n) is 6.67. The quantitative estimate of drug-likeness (QED) is 0.122. The zero-order chi connectivity index (χ0) is 25.7. The lowest BCUT2D eigenvalue weighted by Gasteiger charge is -2.06. The lowest BCUT2D eigenvalue weighted by atomic mass is 10.0. The number of aromatic nitrogens is 4. The molecule has 0 atom stereocenters. The van der Waals surface area contributed by atoms with Crippen molar-refractivity contribution in [1.29, 1.82) is 0 Å². The molecule has 0 aliphatic rings. The van der Waals surface area contributed by atoms with Crippen LogP contribution in [-0.2, 0) is 4.79 Å². The van der Waals surface area contributed by atoms with Gasteiger partial charge in [0.25, 0.3) is 0 Å². The Morgan fingerprint density at radius 2 is 1.28 bits per heavy atom. The van der Waals surface area contributed by atoms with Crippen molar-refractivity contribution in [3.8, 4) is 5.88 Å². The first kappa shape index (κ1) is 29.8. The van der Waals surface area contributed by atoms with E-state index in [9.17, 15) is 4.79 Å². The van der Waals surface area contributed by atoms with Crippen LogP contribution in [0.25, 0.3) is 11.2 Å². The fourth-order valence-corrected chi connectivity index (χ4v) is 4.43. The fraction of sp³-hybridized carbons (Fsp3) is 0.724. The van der Waals surface area contributed by atoms with Gasteiger partial charge in [-0.2, -0.15) is 4.98 Å². The maximum absolute atomic E-state index is 11.4. The molecule has 0 saturated carbocycles. The Bertz CT molecular complexity index is 851. The predicted octanol–water partition coefficient (Wildman–Crippen LogP) is 7.45. The van der Waals surface area contributed by atoms with Crippen LogP contribution in [0.15, 0.2) is 24.8 Å². The van der Waals surface area contributed by atoms with Crippen molar-refractivity contribution >= 4 is 17.1 Å². The molecule has 2 heterocycles. The summed E-state index contributed by atoms with van der Waals surface area (Å²) in [5.41, 5.74) is 2.03. The number of rotatable bonds is 23. The van der Waals surface area contributed by atoms with E-state index in [1.165, 1.54) is 109 Å². The standard InChI is InChI=1S/C29H49N5O2/c1-25(2)28(35)30-21-19-17-15-13-11-9-7-5-3-4-6-8-10-12-14-16-18-20-22-36-29-26-27(32-23-31-26)33-24-34-29/h23-24H,1,3-22H2,2H3,(H,30,35)(H,31,32,33,34). The van der Waals surface area contributed by atoms with Gasteiger partial charge >= 0.3 is 0 Å². The molecule has 0 radical (unpaired) electrons. The summed E-state index contributed by atoms with van der Waals surface area (Å²) >= 11 is 0. The molecule has 0 unspecified atom stereocenters. The van der Waals surface area contributed by atoms with Gasteiger partial charge in [0.1, 0.15) is 11.8 Å². The van der Waals surface area contributed by atoms with Gasteiger partial charge in [-0.15, -0.1) is 0 Å². The summed E-state index contributed by atoms with van der Waals surface area (Å²) in [4.78, 5) is 26.8. The van der Waals surface area contributed by atoms with Crippen LogP contribution < -0.4 is 10.1 Å². The second kappa shape index (κ2) is 19.7. The Labute approximate surface area is 218 Å². The van der Waals surface area contributed by atoms with Crippen LogP contribution in [0.5, 0.6) is 5.88 Å².